The zero-order valence-corrected chi connectivity index (χ0v) is 14.2. The molecule has 126 valence electrons. The first kappa shape index (κ1) is 16.4. The van der Waals surface area contributed by atoms with Gasteiger partial charge in [-0.25, -0.2) is 0 Å². The molecule has 0 saturated carbocycles. The molecule has 24 heavy (non-hydrogen) atoms. The lowest BCUT2D eigenvalue weighted by molar-refractivity contribution is -0.121. The molecule has 0 aromatic heterocycles. The summed E-state index contributed by atoms with van der Waals surface area (Å²) in [5.41, 5.74) is 3.32. The van der Waals surface area contributed by atoms with Crippen molar-refractivity contribution < 1.29 is 14.3 Å². The number of carbonyl (C=O) groups is 1. The third-order valence-electron chi connectivity index (χ3n) is 4.24. The van der Waals surface area contributed by atoms with E-state index in [-0.39, 0.29) is 11.9 Å². The van der Waals surface area contributed by atoms with Crippen molar-refractivity contribution in [3.05, 3.63) is 59.2 Å². The molecule has 1 N–H and O–H groups in total. The summed E-state index contributed by atoms with van der Waals surface area (Å²) >= 11 is 0. The Balaban J connectivity index is 1.61. The number of hydrogen-bond donors (Lipinski definition) is 1. The second-order valence-electron chi connectivity index (χ2n) is 6.04. The van der Waals surface area contributed by atoms with Crippen LogP contribution in [-0.2, 0) is 17.6 Å². The lowest BCUT2D eigenvalue weighted by Crippen LogP contribution is -2.28. The monoisotopic (exact) mass is 325 g/mol. The molecule has 0 unspecified atom stereocenters. The Hall–Kier alpha value is -2.49. The fourth-order valence-electron chi connectivity index (χ4n) is 2.78. The number of aryl methyl sites for hydroxylation is 1. The summed E-state index contributed by atoms with van der Waals surface area (Å²) in [6.45, 7) is 5.24. The van der Waals surface area contributed by atoms with Crippen LogP contribution in [0.2, 0.25) is 0 Å². The van der Waals surface area contributed by atoms with Gasteiger partial charge in [-0.05, 0) is 42.2 Å². The zero-order chi connectivity index (χ0) is 16.9. The molecule has 3 rings (SSSR count). The number of ether oxygens (including phenoxy) is 2. The van der Waals surface area contributed by atoms with Crippen LogP contribution in [0.1, 0.15) is 36.6 Å². The standard InChI is InChI=1S/C20H23NO3/c1-3-15-4-6-16(7-5-15)12-20(22)21-14(2)17-8-9-18-19(13-17)24-11-10-23-18/h4-9,13-14H,3,10-12H2,1-2H3,(H,21,22)/t14-/m0/s1. The summed E-state index contributed by atoms with van der Waals surface area (Å²) < 4.78 is 11.1. The van der Waals surface area contributed by atoms with Gasteiger partial charge in [-0.3, -0.25) is 4.79 Å². The second kappa shape index (κ2) is 7.39. The number of nitrogens with one attached hydrogen (secondary N) is 1. The maximum absolute atomic E-state index is 12.3. The van der Waals surface area contributed by atoms with Crippen molar-refractivity contribution in [3.63, 3.8) is 0 Å². The third kappa shape index (κ3) is 3.88. The maximum Gasteiger partial charge on any atom is 0.224 e. The molecule has 4 heteroatoms. The highest BCUT2D eigenvalue weighted by molar-refractivity contribution is 5.79. The van der Waals surface area contributed by atoms with Crippen LogP contribution >= 0.6 is 0 Å². The molecule has 4 nitrogen and oxygen atoms in total. The van der Waals surface area contributed by atoms with Crippen LogP contribution in [0.5, 0.6) is 11.5 Å². The molecular formula is C20H23NO3. The summed E-state index contributed by atoms with van der Waals surface area (Å²) in [4.78, 5) is 12.3. The normalized spacial score (nSPS) is 14.1. The van der Waals surface area contributed by atoms with Crippen LogP contribution in [0.3, 0.4) is 0 Å². The highest BCUT2D eigenvalue weighted by Crippen LogP contribution is 2.32. The van der Waals surface area contributed by atoms with Crippen molar-refractivity contribution in [2.75, 3.05) is 13.2 Å². The molecule has 1 aliphatic heterocycles. The highest BCUT2D eigenvalue weighted by atomic mass is 16.6. The minimum atomic E-state index is -0.0803. The van der Waals surface area contributed by atoms with Crippen LogP contribution in [0.15, 0.2) is 42.5 Å². The molecule has 0 fully saturated rings. The van der Waals surface area contributed by atoms with Crippen LogP contribution in [0, 0.1) is 0 Å². The van der Waals surface area contributed by atoms with Crippen molar-refractivity contribution in [1.29, 1.82) is 0 Å². The first-order chi connectivity index (χ1) is 11.7. The molecule has 1 heterocycles. The van der Waals surface area contributed by atoms with E-state index in [1.807, 2.05) is 37.3 Å². The molecule has 1 amide bonds. The molecule has 0 saturated heterocycles. The topological polar surface area (TPSA) is 47.6 Å². The molecule has 2 aromatic carbocycles. The lowest BCUT2D eigenvalue weighted by atomic mass is 10.1. The minimum absolute atomic E-state index is 0.0154. The Kier molecular flexibility index (Phi) is 5.04. The molecule has 1 aliphatic rings. The average Bonchev–Trinajstić information content (AvgIpc) is 2.61. The van der Waals surface area contributed by atoms with Gasteiger partial charge in [-0.15, -0.1) is 0 Å². The van der Waals surface area contributed by atoms with Crippen LogP contribution < -0.4 is 14.8 Å². The van der Waals surface area contributed by atoms with Crippen molar-refractivity contribution in [2.45, 2.75) is 32.7 Å². The first-order valence-corrected chi connectivity index (χ1v) is 8.42. The minimum Gasteiger partial charge on any atom is -0.486 e. The average molecular weight is 325 g/mol. The Morgan fingerprint density at radius 3 is 2.42 bits per heavy atom. The van der Waals surface area contributed by atoms with Gasteiger partial charge in [0.1, 0.15) is 13.2 Å². The zero-order valence-electron chi connectivity index (χ0n) is 14.2. The van der Waals surface area contributed by atoms with E-state index in [1.165, 1.54) is 5.56 Å². The summed E-state index contributed by atoms with van der Waals surface area (Å²) in [6, 6.07) is 13.9. The Labute approximate surface area is 142 Å². The SMILES string of the molecule is CCc1ccc(CC(=O)N[C@@H](C)c2ccc3c(c2)OCCO3)cc1. The van der Waals surface area contributed by atoms with Gasteiger partial charge in [-0.1, -0.05) is 37.3 Å². The van der Waals surface area contributed by atoms with Gasteiger partial charge in [0.15, 0.2) is 11.5 Å². The number of amides is 1. The van der Waals surface area contributed by atoms with E-state index < -0.39 is 0 Å². The highest BCUT2D eigenvalue weighted by Gasteiger charge is 2.16. The van der Waals surface area contributed by atoms with E-state index in [2.05, 4.69) is 24.4 Å². The van der Waals surface area contributed by atoms with Gasteiger partial charge < -0.3 is 14.8 Å². The number of fused-ring (bicyclic) bond motifs is 1. The smallest absolute Gasteiger partial charge is 0.224 e. The van der Waals surface area contributed by atoms with Crippen LogP contribution in [-0.4, -0.2) is 19.1 Å². The lowest BCUT2D eigenvalue weighted by Gasteiger charge is -2.21. The molecule has 0 spiro atoms. The number of benzene rings is 2. The van der Waals surface area contributed by atoms with E-state index in [9.17, 15) is 4.79 Å². The summed E-state index contributed by atoms with van der Waals surface area (Å²) in [6.07, 6.45) is 1.40. The van der Waals surface area contributed by atoms with Gasteiger partial charge in [0.25, 0.3) is 0 Å². The molecule has 2 aromatic rings. The number of rotatable bonds is 5. The van der Waals surface area contributed by atoms with E-state index in [4.69, 9.17) is 9.47 Å². The van der Waals surface area contributed by atoms with E-state index in [0.29, 0.717) is 19.6 Å². The second-order valence-corrected chi connectivity index (χ2v) is 6.04. The van der Waals surface area contributed by atoms with Crippen molar-refractivity contribution in [2.24, 2.45) is 0 Å². The van der Waals surface area contributed by atoms with E-state index >= 15 is 0 Å². The third-order valence-corrected chi connectivity index (χ3v) is 4.24. The number of carbonyl (C=O) groups excluding carboxylic acids is 1. The van der Waals surface area contributed by atoms with Crippen molar-refractivity contribution in [3.8, 4) is 11.5 Å². The van der Waals surface area contributed by atoms with Gasteiger partial charge in [0.05, 0.1) is 12.5 Å². The molecule has 0 bridgehead atoms. The van der Waals surface area contributed by atoms with Crippen LogP contribution in [0.4, 0.5) is 0 Å². The van der Waals surface area contributed by atoms with Crippen molar-refractivity contribution >= 4 is 5.91 Å². The molecule has 1 atom stereocenters. The Morgan fingerprint density at radius 1 is 1.04 bits per heavy atom. The molecule has 0 aliphatic carbocycles. The Morgan fingerprint density at radius 2 is 1.71 bits per heavy atom. The quantitative estimate of drug-likeness (QED) is 0.916. The van der Waals surface area contributed by atoms with E-state index in [0.717, 1.165) is 29.0 Å². The van der Waals surface area contributed by atoms with Crippen LogP contribution in [0.25, 0.3) is 0 Å². The summed E-state index contributed by atoms with van der Waals surface area (Å²) in [5.74, 6) is 1.52. The summed E-state index contributed by atoms with van der Waals surface area (Å²) in [5, 5.41) is 3.04. The molecule has 0 radical (unpaired) electrons. The number of hydrogen-bond acceptors (Lipinski definition) is 3. The van der Waals surface area contributed by atoms with E-state index in [1.54, 1.807) is 0 Å². The van der Waals surface area contributed by atoms with Gasteiger partial charge >= 0.3 is 0 Å². The van der Waals surface area contributed by atoms with Gasteiger partial charge in [0, 0.05) is 0 Å². The van der Waals surface area contributed by atoms with Crippen molar-refractivity contribution in [1.82, 2.24) is 5.32 Å². The predicted molar refractivity (Wildman–Crippen MR) is 93.5 cm³/mol. The predicted octanol–water partition coefficient (Wildman–Crippen LogP) is 3.44. The first-order valence-electron chi connectivity index (χ1n) is 8.42. The molecular weight excluding hydrogens is 302 g/mol. The summed E-state index contributed by atoms with van der Waals surface area (Å²) in [7, 11) is 0. The van der Waals surface area contributed by atoms with Gasteiger partial charge in [0.2, 0.25) is 5.91 Å². The maximum atomic E-state index is 12.3. The Bertz CT molecular complexity index is 709. The fourth-order valence-corrected chi connectivity index (χ4v) is 2.78. The largest absolute Gasteiger partial charge is 0.486 e. The van der Waals surface area contributed by atoms with Gasteiger partial charge in [-0.2, -0.15) is 0 Å². The fraction of sp³-hybridized carbons (Fsp3) is 0.350.